The van der Waals surface area contributed by atoms with E-state index >= 15 is 0 Å². The van der Waals surface area contributed by atoms with E-state index < -0.39 is 39.4 Å². The van der Waals surface area contributed by atoms with Gasteiger partial charge < -0.3 is 8.92 Å². The molecule has 1 amide bonds. The van der Waals surface area contributed by atoms with Gasteiger partial charge in [-0.1, -0.05) is 0 Å². The van der Waals surface area contributed by atoms with E-state index in [1.54, 1.807) is 27.7 Å². The lowest BCUT2D eigenvalue weighted by molar-refractivity contribution is -0.0529. The zero-order chi connectivity index (χ0) is 18.2. The van der Waals surface area contributed by atoms with Crippen LogP contribution in [0, 0.1) is 0 Å². The predicted octanol–water partition coefficient (Wildman–Crippen LogP) is 3.15. The van der Waals surface area contributed by atoms with Gasteiger partial charge in [-0.2, -0.15) is 21.6 Å². The Balaban J connectivity index is 2.94. The molecule has 6 nitrogen and oxygen atoms in total. The number of hydrogen-bond acceptors (Lipinski definition) is 5. The first-order valence-electron chi connectivity index (χ1n) is 6.87. The number of nitrogens with zero attached hydrogens (tertiary/aromatic N) is 1. The van der Waals surface area contributed by atoms with Crippen LogP contribution >= 0.6 is 0 Å². The molecule has 0 bridgehead atoms. The van der Waals surface area contributed by atoms with Gasteiger partial charge in [0.15, 0.2) is 0 Å². The highest BCUT2D eigenvalue weighted by molar-refractivity contribution is 7.87. The fourth-order valence-corrected chi connectivity index (χ4v) is 2.62. The highest BCUT2D eigenvalue weighted by Gasteiger charge is 2.49. The summed E-state index contributed by atoms with van der Waals surface area (Å²) in [5.41, 5.74) is -6.22. The molecule has 134 valence electrons. The summed E-state index contributed by atoms with van der Waals surface area (Å²) in [4.78, 5) is 13.4. The van der Waals surface area contributed by atoms with Crippen molar-refractivity contribution in [3.63, 3.8) is 0 Å². The molecule has 0 aliphatic carbocycles. The molecule has 1 heterocycles. The van der Waals surface area contributed by atoms with Crippen LogP contribution in [0.15, 0.2) is 11.8 Å². The molecule has 0 aromatic heterocycles. The fourth-order valence-electron chi connectivity index (χ4n) is 2.12. The van der Waals surface area contributed by atoms with Crippen molar-refractivity contribution in [2.75, 3.05) is 0 Å². The normalized spacial score (nSPS) is 23.3. The summed E-state index contributed by atoms with van der Waals surface area (Å²) in [7, 11) is -5.71. The topological polar surface area (TPSA) is 72.9 Å². The average molecular weight is 359 g/mol. The molecule has 10 heteroatoms. The van der Waals surface area contributed by atoms with Crippen LogP contribution in [0.25, 0.3) is 0 Å². The van der Waals surface area contributed by atoms with Gasteiger partial charge in [0.1, 0.15) is 11.4 Å². The van der Waals surface area contributed by atoms with Gasteiger partial charge in [-0.15, -0.1) is 0 Å². The minimum absolute atomic E-state index is 0.168. The van der Waals surface area contributed by atoms with Crippen LogP contribution in [0.3, 0.4) is 0 Å². The molecule has 0 aromatic carbocycles. The molecular formula is C13H20F3NO5S. The first-order valence-corrected chi connectivity index (χ1v) is 8.27. The number of hydrogen-bond donors (Lipinski definition) is 0. The zero-order valence-electron chi connectivity index (χ0n) is 13.5. The molecule has 0 aromatic rings. The van der Waals surface area contributed by atoms with Gasteiger partial charge in [0.25, 0.3) is 0 Å². The summed E-state index contributed by atoms with van der Waals surface area (Å²) in [5.74, 6) is -0.345. The monoisotopic (exact) mass is 359 g/mol. The quantitative estimate of drug-likeness (QED) is 0.559. The Kier molecular flexibility index (Phi) is 5.30. The standard InChI is InChI=1S/C13H20F3NO5S/c1-8-6-10(22-23(19,20)13(14,15)16)7-9(2)17(8)11(18)21-12(3,4)5/h6,8-9H,7H2,1-5H3. The molecule has 1 aliphatic heterocycles. The summed E-state index contributed by atoms with van der Waals surface area (Å²) in [6, 6.07) is -1.25. The maximum Gasteiger partial charge on any atom is 0.534 e. The molecule has 0 saturated carbocycles. The smallest absolute Gasteiger partial charge is 0.444 e. The summed E-state index contributed by atoms with van der Waals surface area (Å²) in [6.07, 6.45) is 0.359. The molecule has 23 heavy (non-hydrogen) atoms. The van der Waals surface area contributed by atoms with Crippen LogP contribution in [0.4, 0.5) is 18.0 Å². The maximum atomic E-state index is 12.3. The van der Waals surface area contributed by atoms with E-state index in [2.05, 4.69) is 4.18 Å². The summed E-state index contributed by atoms with van der Waals surface area (Å²) in [5, 5.41) is 0. The summed E-state index contributed by atoms with van der Waals surface area (Å²) >= 11 is 0. The second-order valence-electron chi connectivity index (χ2n) is 6.30. The van der Waals surface area contributed by atoms with Crippen molar-refractivity contribution in [1.29, 1.82) is 0 Å². The minimum atomic E-state index is -5.71. The second kappa shape index (κ2) is 6.21. The number of carbonyl (C=O) groups excluding carboxylic acids is 1. The van der Waals surface area contributed by atoms with Gasteiger partial charge in [0.2, 0.25) is 0 Å². The molecule has 1 rings (SSSR count). The van der Waals surface area contributed by atoms with Crippen LogP contribution in [0.1, 0.15) is 41.0 Å². The molecule has 2 atom stereocenters. The van der Waals surface area contributed by atoms with Gasteiger partial charge in [0.05, 0.1) is 6.04 Å². The summed E-state index contributed by atoms with van der Waals surface area (Å²) in [6.45, 7) is 8.15. The molecule has 2 unspecified atom stereocenters. The van der Waals surface area contributed by atoms with Gasteiger partial charge in [0, 0.05) is 12.5 Å². The number of amides is 1. The molecule has 1 aliphatic rings. The number of ether oxygens (including phenoxy) is 1. The van der Waals surface area contributed by atoms with Gasteiger partial charge in [-0.3, -0.25) is 4.90 Å². The van der Waals surface area contributed by atoms with Crippen LogP contribution in [0.2, 0.25) is 0 Å². The first-order chi connectivity index (χ1) is 10.1. The van der Waals surface area contributed by atoms with E-state index in [1.165, 1.54) is 11.8 Å². The lowest BCUT2D eigenvalue weighted by Gasteiger charge is -2.38. The van der Waals surface area contributed by atoms with Crippen molar-refractivity contribution in [1.82, 2.24) is 4.90 Å². The Morgan fingerprint density at radius 3 is 2.17 bits per heavy atom. The minimum Gasteiger partial charge on any atom is -0.444 e. The van der Waals surface area contributed by atoms with E-state index in [0.29, 0.717) is 0 Å². The van der Waals surface area contributed by atoms with Crippen LogP contribution in [0.5, 0.6) is 0 Å². The van der Waals surface area contributed by atoms with E-state index in [1.807, 2.05) is 0 Å². The number of alkyl halides is 3. The third-order valence-electron chi connectivity index (χ3n) is 2.94. The highest BCUT2D eigenvalue weighted by atomic mass is 32.2. The van der Waals surface area contributed by atoms with E-state index in [4.69, 9.17) is 4.74 Å². The number of carbonyl (C=O) groups is 1. The van der Waals surface area contributed by atoms with Crippen molar-refractivity contribution >= 4 is 16.2 Å². The largest absolute Gasteiger partial charge is 0.534 e. The van der Waals surface area contributed by atoms with Crippen molar-refractivity contribution in [2.45, 2.75) is 64.2 Å². The Labute approximate surface area is 133 Å². The fraction of sp³-hybridized carbons (Fsp3) is 0.769. The molecular weight excluding hydrogens is 339 g/mol. The lowest BCUT2D eigenvalue weighted by atomic mass is 10.0. The lowest BCUT2D eigenvalue weighted by Crippen LogP contribution is -2.49. The molecule has 0 spiro atoms. The maximum absolute atomic E-state index is 12.3. The van der Waals surface area contributed by atoms with Crippen molar-refractivity contribution in [2.24, 2.45) is 0 Å². The van der Waals surface area contributed by atoms with Crippen LogP contribution < -0.4 is 0 Å². The third kappa shape index (κ3) is 5.02. The van der Waals surface area contributed by atoms with Crippen molar-refractivity contribution in [3.05, 3.63) is 11.8 Å². The van der Waals surface area contributed by atoms with Gasteiger partial charge >= 0.3 is 21.7 Å². The predicted molar refractivity (Wildman–Crippen MR) is 75.8 cm³/mol. The number of halogens is 3. The van der Waals surface area contributed by atoms with E-state index in [0.717, 1.165) is 6.08 Å². The van der Waals surface area contributed by atoms with Crippen LogP contribution in [-0.2, 0) is 19.0 Å². The van der Waals surface area contributed by atoms with Crippen LogP contribution in [-0.4, -0.2) is 42.6 Å². The Hall–Kier alpha value is -1.45. The Bertz CT molecular complexity index is 592. The second-order valence-corrected chi connectivity index (χ2v) is 7.84. The molecule has 0 fully saturated rings. The summed E-state index contributed by atoms with van der Waals surface area (Å²) < 4.78 is 68.5. The van der Waals surface area contributed by atoms with Crippen molar-refractivity contribution in [3.8, 4) is 0 Å². The first kappa shape index (κ1) is 19.6. The Morgan fingerprint density at radius 1 is 1.26 bits per heavy atom. The SMILES string of the molecule is CC1C=C(OS(=O)(=O)C(F)(F)F)CC(C)N1C(=O)OC(C)(C)C. The van der Waals surface area contributed by atoms with Gasteiger partial charge in [-0.25, -0.2) is 4.79 Å². The highest BCUT2D eigenvalue weighted by Crippen LogP contribution is 2.31. The third-order valence-corrected chi connectivity index (χ3v) is 3.94. The van der Waals surface area contributed by atoms with E-state index in [9.17, 15) is 26.4 Å². The molecule has 0 N–H and O–H groups in total. The molecule has 0 saturated heterocycles. The van der Waals surface area contributed by atoms with Gasteiger partial charge in [-0.05, 0) is 40.7 Å². The average Bonchev–Trinajstić information content (AvgIpc) is 2.22. The van der Waals surface area contributed by atoms with E-state index in [-0.39, 0.29) is 12.2 Å². The number of rotatable bonds is 2. The zero-order valence-corrected chi connectivity index (χ0v) is 14.3. The van der Waals surface area contributed by atoms with Crippen molar-refractivity contribution < 1.29 is 35.3 Å². The molecule has 0 radical (unpaired) electrons. The Morgan fingerprint density at radius 2 is 1.78 bits per heavy atom.